The van der Waals surface area contributed by atoms with Crippen LogP contribution in [0.15, 0.2) is 23.1 Å². The van der Waals surface area contributed by atoms with E-state index in [1.165, 1.54) is 4.31 Å². The second-order valence-electron chi connectivity index (χ2n) is 7.20. The number of carbonyl (C=O) groups excluding carboxylic acids is 1. The fourth-order valence-electron chi connectivity index (χ4n) is 3.07. The molecule has 0 radical (unpaired) electrons. The lowest BCUT2D eigenvalue weighted by atomic mass is 9.98. The standard InChI is InChI=1S/C19H30N2O4S/c1-5-25-18-9-8-17(11-15(18)4)26(23,24)21-10-6-7-16(13-21)19(22)20-12-14(2)3/h8-9,11,14,16H,5-7,10,12-13H2,1-4H3,(H,20,22)/t16-/m0/s1. The van der Waals surface area contributed by atoms with Crippen molar-refractivity contribution in [3.63, 3.8) is 0 Å². The molecule has 0 spiro atoms. The highest BCUT2D eigenvalue weighted by Gasteiger charge is 2.33. The molecule has 0 bridgehead atoms. The number of carbonyl (C=O) groups is 1. The average molecular weight is 383 g/mol. The monoisotopic (exact) mass is 382 g/mol. The van der Waals surface area contributed by atoms with E-state index in [1.807, 2.05) is 27.7 Å². The Bertz CT molecular complexity index is 731. The second-order valence-corrected chi connectivity index (χ2v) is 9.14. The molecule has 7 heteroatoms. The van der Waals surface area contributed by atoms with Crippen molar-refractivity contribution in [2.45, 2.75) is 45.4 Å². The number of nitrogens with zero attached hydrogens (tertiary/aromatic N) is 1. The van der Waals surface area contributed by atoms with Crippen molar-refractivity contribution in [3.8, 4) is 5.75 Å². The van der Waals surface area contributed by atoms with Crippen molar-refractivity contribution in [2.75, 3.05) is 26.2 Å². The first kappa shape index (κ1) is 20.7. The van der Waals surface area contributed by atoms with Crippen LogP contribution in [0.2, 0.25) is 0 Å². The first-order valence-corrected chi connectivity index (χ1v) is 10.7. The van der Waals surface area contributed by atoms with Gasteiger partial charge in [0.15, 0.2) is 0 Å². The summed E-state index contributed by atoms with van der Waals surface area (Å²) in [5.41, 5.74) is 0.788. The molecule has 146 valence electrons. The van der Waals surface area contributed by atoms with Gasteiger partial charge in [-0.3, -0.25) is 4.79 Å². The highest BCUT2D eigenvalue weighted by atomic mass is 32.2. The fraction of sp³-hybridized carbons (Fsp3) is 0.632. The van der Waals surface area contributed by atoms with Crippen LogP contribution >= 0.6 is 0 Å². The van der Waals surface area contributed by atoms with Crippen LogP contribution in [0.4, 0.5) is 0 Å². The largest absolute Gasteiger partial charge is 0.494 e. The lowest BCUT2D eigenvalue weighted by Crippen LogP contribution is -2.45. The molecule has 1 saturated heterocycles. The maximum atomic E-state index is 13.0. The number of aryl methyl sites for hydroxylation is 1. The van der Waals surface area contributed by atoms with Gasteiger partial charge >= 0.3 is 0 Å². The van der Waals surface area contributed by atoms with Crippen LogP contribution in [0, 0.1) is 18.8 Å². The molecule has 26 heavy (non-hydrogen) atoms. The molecule has 0 unspecified atom stereocenters. The minimum atomic E-state index is -3.62. The Hall–Kier alpha value is -1.60. The van der Waals surface area contributed by atoms with Crippen molar-refractivity contribution in [1.29, 1.82) is 0 Å². The first-order valence-electron chi connectivity index (χ1n) is 9.27. The van der Waals surface area contributed by atoms with Crippen molar-refractivity contribution in [3.05, 3.63) is 23.8 Å². The Balaban J connectivity index is 2.13. The Kier molecular flexibility index (Phi) is 7.06. The molecular formula is C19H30N2O4S. The quantitative estimate of drug-likeness (QED) is 0.786. The van der Waals surface area contributed by atoms with E-state index >= 15 is 0 Å². The van der Waals surface area contributed by atoms with Crippen LogP contribution < -0.4 is 10.1 Å². The number of ether oxygens (including phenoxy) is 1. The smallest absolute Gasteiger partial charge is 0.243 e. The zero-order chi connectivity index (χ0) is 19.3. The molecule has 1 aromatic carbocycles. The predicted octanol–water partition coefficient (Wildman–Crippen LogP) is 2.57. The van der Waals surface area contributed by atoms with Crippen LogP contribution in [-0.4, -0.2) is 44.9 Å². The summed E-state index contributed by atoms with van der Waals surface area (Å²) in [4.78, 5) is 12.6. The van der Waals surface area contributed by atoms with Crippen molar-refractivity contribution >= 4 is 15.9 Å². The lowest BCUT2D eigenvalue weighted by Gasteiger charge is -2.31. The molecule has 6 nitrogen and oxygen atoms in total. The van der Waals surface area contributed by atoms with Gasteiger partial charge in [0.05, 0.1) is 17.4 Å². The van der Waals surface area contributed by atoms with E-state index in [0.29, 0.717) is 37.8 Å². The Morgan fingerprint density at radius 2 is 2.12 bits per heavy atom. The summed E-state index contributed by atoms with van der Waals surface area (Å²) in [6.07, 6.45) is 1.41. The lowest BCUT2D eigenvalue weighted by molar-refractivity contribution is -0.126. The molecule has 1 amide bonds. The van der Waals surface area contributed by atoms with Gasteiger partial charge < -0.3 is 10.1 Å². The van der Waals surface area contributed by atoms with E-state index in [4.69, 9.17) is 4.74 Å². The van der Waals surface area contributed by atoms with Gasteiger partial charge in [-0.2, -0.15) is 4.31 Å². The maximum Gasteiger partial charge on any atom is 0.243 e. The number of benzene rings is 1. The molecule has 1 aliphatic heterocycles. The predicted molar refractivity (Wildman–Crippen MR) is 102 cm³/mol. The van der Waals surface area contributed by atoms with Gasteiger partial charge in [-0.05, 0) is 56.4 Å². The van der Waals surface area contributed by atoms with Gasteiger partial charge in [0, 0.05) is 19.6 Å². The van der Waals surface area contributed by atoms with Gasteiger partial charge in [0.25, 0.3) is 0 Å². The number of hydrogen-bond acceptors (Lipinski definition) is 4. The summed E-state index contributed by atoms with van der Waals surface area (Å²) < 4.78 is 32.9. The average Bonchev–Trinajstić information content (AvgIpc) is 2.61. The SMILES string of the molecule is CCOc1ccc(S(=O)(=O)N2CCC[C@H](C(=O)NCC(C)C)C2)cc1C. The number of sulfonamides is 1. The normalized spacial score (nSPS) is 18.7. The van der Waals surface area contributed by atoms with Gasteiger partial charge in [0.2, 0.25) is 15.9 Å². The molecule has 1 aliphatic rings. The number of piperidine rings is 1. The summed E-state index contributed by atoms with van der Waals surface area (Å²) in [7, 11) is -3.62. The summed E-state index contributed by atoms with van der Waals surface area (Å²) in [6.45, 7) is 9.62. The molecule has 0 aromatic heterocycles. The molecule has 1 fully saturated rings. The topological polar surface area (TPSA) is 75.7 Å². The maximum absolute atomic E-state index is 13.0. The number of hydrogen-bond donors (Lipinski definition) is 1. The van der Waals surface area contributed by atoms with Crippen LogP contribution in [0.3, 0.4) is 0 Å². The highest BCUT2D eigenvalue weighted by molar-refractivity contribution is 7.89. The Morgan fingerprint density at radius 1 is 1.38 bits per heavy atom. The minimum Gasteiger partial charge on any atom is -0.494 e. The zero-order valence-electron chi connectivity index (χ0n) is 16.1. The minimum absolute atomic E-state index is 0.0542. The van der Waals surface area contributed by atoms with E-state index in [-0.39, 0.29) is 23.3 Å². The summed E-state index contributed by atoms with van der Waals surface area (Å²) >= 11 is 0. The van der Waals surface area contributed by atoms with E-state index in [9.17, 15) is 13.2 Å². The van der Waals surface area contributed by atoms with E-state index in [2.05, 4.69) is 5.32 Å². The van der Waals surface area contributed by atoms with Crippen molar-refractivity contribution in [1.82, 2.24) is 9.62 Å². The van der Waals surface area contributed by atoms with Crippen LogP contribution in [-0.2, 0) is 14.8 Å². The molecule has 0 saturated carbocycles. The van der Waals surface area contributed by atoms with Crippen molar-refractivity contribution < 1.29 is 17.9 Å². The van der Waals surface area contributed by atoms with Gasteiger partial charge in [-0.15, -0.1) is 0 Å². The Labute approximate surface area is 157 Å². The van der Waals surface area contributed by atoms with Crippen molar-refractivity contribution in [2.24, 2.45) is 11.8 Å². The number of amides is 1. The van der Waals surface area contributed by atoms with E-state index in [1.54, 1.807) is 18.2 Å². The molecule has 1 aromatic rings. The molecule has 1 atom stereocenters. The van der Waals surface area contributed by atoms with Gasteiger partial charge in [-0.25, -0.2) is 8.42 Å². The molecule has 0 aliphatic carbocycles. The molecule has 1 N–H and O–H groups in total. The number of nitrogens with one attached hydrogen (secondary N) is 1. The third-order valence-corrected chi connectivity index (χ3v) is 6.38. The molecule has 2 rings (SSSR count). The van der Waals surface area contributed by atoms with E-state index in [0.717, 1.165) is 12.0 Å². The van der Waals surface area contributed by atoms with Crippen LogP contribution in [0.1, 0.15) is 39.2 Å². The number of rotatable bonds is 7. The summed E-state index contributed by atoms with van der Waals surface area (Å²) in [6, 6.07) is 4.92. The fourth-order valence-corrected chi connectivity index (χ4v) is 4.68. The molecule has 1 heterocycles. The van der Waals surface area contributed by atoms with Crippen LogP contribution in [0.5, 0.6) is 5.75 Å². The third kappa shape index (κ3) is 4.98. The first-order chi connectivity index (χ1) is 12.3. The van der Waals surface area contributed by atoms with Gasteiger partial charge in [-0.1, -0.05) is 13.8 Å². The van der Waals surface area contributed by atoms with E-state index < -0.39 is 10.0 Å². The van der Waals surface area contributed by atoms with Crippen LogP contribution in [0.25, 0.3) is 0 Å². The molecular weight excluding hydrogens is 352 g/mol. The Morgan fingerprint density at radius 3 is 2.73 bits per heavy atom. The van der Waals surface area contributed by atoms with Gasteiger partial charge in [0.1, 0.15) is 5.75 Å². The zero-order valence-corrected chi connectivity index (χ0v) is 16.9. The summed E-state index contributed by atoms with van der Waals surface area (Å²) in [5, 5.41) is 2.92. The highest BCUT2D eigenvalue weighted by Crippen LogP contribution is 2.27. The third-order valence-electron chi connectivity index (χ3n) is 4.52. The second kappa shape index (κ2) is 8.86. The summed E-state index contributed by atoms with van der Waals surface area (Å²) in [5.74, 6) is 0.716.